The van der Waals surface area contributed by atoms with Gasteiger partial charge in [0.25, 0.3) is 0 Å². The quantitative estimate of drug-likeness (QED) is 0.243. The van der Waals surface area contributed by atoms with Gasteiger partial charge < -0.3 is 14.5 Å². The Morgan fingerprint density at radius 1 is 0.925 bits per heavy atom. The lowest BCUT2D eigenvalue weighted by Gasteiger charge is -2.46. The SMILES string of the molecule is CCc1ccc2[nH]c3c(c2c1)CC1c2cc(OC)c(OCc4ccccc4)cc2CCN1C3c1ccc(F)cc1. The van der Waals surface area contributed by atoms with Crippen LogP contribution in [0.1, 0.15) is 58.1 Å². The van der Waals surface area contributed by atoms with Crippen LogP contribution in [0, 0.1) is 5.82 Å². The van der Waals surface area contributed by atoms with Crippen LogP contribution in [-0.2, 0) is 25.9 Å². The highest BCUT2D eigenvalue weighted by molar-refractivity contribution is 5.86. The lowest BCUT2D eigenvalue weighted by molar-refractivity contribution is 0.127. The van der Waals surface area contributed by atoms with Crippen molar-refractivity contribution in [2.75, 3.05) is 13.7 Å². The van der Waals surface area contributed by atoms with Gasteiger partial charge in [-0.05, 0) is 89.0 Å². The van der Waals surface area contributed by atoms with E-state index in [1.54, 1.807) is 19.2 Å². The van der Waals surface area contributed by atoms with E-state index >= 15 is 0 Å². The average Bonchev–Trinajstić information content (AvgIpc) is 3.36. The van der Waals surface area contributed by atoms with E-state index in [1.807, 2.05) is 30.3 Å². The van der Waals surface area contributed by atoms with Gasteiger partial charge in [-0.15, -0.1) is 0 Å². The molecule has 7 rings (SSSR count). The highest BCUT2D eigenvalue weighted by atomic mass is 19.1. The van der Waals surface area contributed by atoms with Crippen molar-refractivity contribution in [1.29, 1.82) is 0 Å². The minimum Gasteiger partial charge on any atom is -0.493 e. The van der Waals surface area contributed by atoms with Crippen LogP contribution < -0.4 is 9.47 Å². The molecule has 0 aliphatic carbocycles. The molecule has 5 aromatic rings. The summed E-state index contributed by atoms with van der Waals surface area (Å²) in [6.45, 7) is 3.60. The predicted molar refractivity (Wildman–Crippen MR) is 157 cm³/mol. The maximum absolute atomic E-state index is 14.0. The van der Waals surface area contributed by atoms with Gasteiger partial charge >= 0.3 is 0 Å². The van der Waals surface area contributed by atoms with Gasteiger partial charge in [0, 0.05) is 29.2 Å². The van der Waals surface area contributed by atoms with E-state index in [4.69, 9.17) is 9.47 Å². The summed E-state index contributed by atoms with van der Waals surface area (Å²) in [6, 6.07) is 28.6. The fourth-order valence-electron chi connectivity index (χ4n) is 6.62. The first-order valence-electron chi connectivity index (χ1n) is 14.1. The Hall–Kier alpha value is -4.09. The van der Waals surface area contributed by atoms with Crippen molar-refractivity contribution in [3.8, 4) is 11.5 Å². The molecule has 0 saturated carbocycles. The number of aryl methyl sites for hydroxylation is 1. The lowest BCUT2D eigenvalue weighted by Crippen LogP contribution is -2.43. The molecule has 0 bridgehead atoms. The first-order chi connectivity index (χ1) is 19.6. The number of fused-ring (bicyclic) bond motifs is 6. The predicted octanol–water partition coefficient (Wildman–Crippen LogP) is 7.70. The van der Waals surface area contributed by atoms with Gasteiger partial charge in [0.15, 0.2) is 11.5 Å². The molecule has 0 amide bonds. The second-order valence-electron chi connectivity index (χ2n) is 10.9. The molecule has 40 heavy (non-hydrogen) atoms. The van der Waals surface area contributed by atoms with E-state index in [-0.39, 0.29) is 17.9 Å². The van der Waals surface area contributed by atoms with Crippen molar-refractivity contribution in [1.82, 2.24) is 9.88 Å². The van der Waals surface area contributed by atoms with Gasteiger partial charge in [0.05, 0.1) is 13.2 Å². The van der Waals surface area contributed by atoms with E-state index in [9.17, 15) is 4.39 Å². The van der Waals surface area contributed by atoms with Gasteiger partial charge in [-0.2, -0.15) is 0 Å². The van der Waals surface area contributed by atoms with Crippen LogP contribution in [0.4, 0.5) is 4.39 Å². The Labute approximate surface area is 234 Å². The van der Waals surface area contributed by atoms with Crippen molar-refractivity contribution < 1.29 is 13.9 Å². The average molecular weight is 533 g/mol. The third-order valence-corrected chi connectivity index (χ3v) is 8.66. The number of hydrogen-bond acceptors (Lipinski definition) is 3. The summed E-state index contributed by atoms with van der Waals surface area (Å²) >= 11 is 0. The molecule has 2 unspecified atom stereocenters. The van der Waals surface area contributed by atoms with Gasteiger partial charge in [-0.1, -0.05) is 55.5 Å². The molecular formula is C35H33FN2O2. The largest absolute Gasteiger partial charge is 0.493 e. The van der Waals surface area contributed by atoms with Gasteiger partial charge in [-0.25, -0.2) is 4.39 Å². The number of halogens is 1. The zero-order valence-corrected chi connectivity index (χ0v) is 22.9. The molecule has 1 N–H and O–H groups in total. The Morgan fingerprint density at radius 2 is 1.75 bits per heavy atom. The van der Waals surface area contributed by atoms with E-state index < -0.39 is 0 Å². The molecule has 2 aliphatic heterocycles. The number of benzene rings is 4. The Bertz CT molecular complexity index is 1680. The molecule has 1 aromatic heterocycles. The van der Waals surface area contributed by atoms with E-state index in [1.165, 1.54) is 33.3 Å². The van der Waals surface area contributed by atoms with Crippen LogP contribution in [0.3, 0.4) is 0 Å². The van der Waals surface area contributed by atoms with Gasteiger partial charge in [-0.3, -0.25) is 4.90 Å². The van der Waals surface area contributed by atoms with Crippen molar-refractivity contribution in [2.24, 2.45) is 0 Å². The zero-order valence-electron chi connectivity index (χ0n) is 22.9. The first kappa shape index (κ1) is 24.9. The molecule has 2 atom stereocenters. The van der Waals surface area contributed by atoms with E-state index in [2.05, 4.69) is 59.3 Å². The lowest BCUT2D eigenvalue weighted by atomic mass is 9.80. The summed E-state index contributed by atoms with van der Waals surface area (Å²) in [6.07, 6.45) is 2.81. The number of rotatable bonds is 6. The van der Waals surface area contributed by atoms with Crippen LogP contribution in [0.2, 0.25) is 0 Å². The molecule has 0 radical (unpaired) electrons. The van der Waals surface area contributed by atoms with Crippen LogP contribution >= 0.6 is 0 Å². The molecule has 5 heteroatoms. The third-order valence-electron chi connectivity index (χ3n) is 8.66. The summed E-state index contributed by atoms with van der Waals surface area (Å²) < 4.78 is 26.1. The van der Waals surface area contributed by atoms with Crippen LogP contribution in [0.25, 0.3) is 10.9 Å². The van der Waals surface area contributed by atoms with Crippen molar-refractivity contribution in [2.45, 2.75) is 44.9 Å². The highest BCUT2D eigenvalue weighted by Crippen LogP contribution is 2.49. The normalized spacial score (nSPS) is 18.2. The van der Waals surface area contributed by atoms with Gasteiger partial charge in [0.1, 0.15) is 12.4 Å². The first-order valence-corrected chi connectivity index (χ1v) is 14.1. The number of nitrogens with one attached hydrogen (secondary N) is 1. The molecular weight excluding hydrogens is 499 g/mol. The molecule has 2 aliphatic rings. The number of H-pyrrole nitrogens is 1. The Kier molecular flexibility index (Phi) is 6.32. The number of aromatic amines is 1. The molecule has 0 saturated heterocycles. The fraction of sp³-hybridized carbons (Fsp3) is 0.257. The van der Waals surface area contributed by atoms with Crippen molar-refractivity contribution >= 4 is 10.9 Å². The number of aromatic nitrogens is 1. The minimum atomic E-state index is -0.211. The Balaban J connectivity index is 1.32. The smallest absolute Gasteiger partial charge is 0.161 e. The van der Waals surface area contributed by atoms with Crippen molar-refractivity contribution in [3.63, 3.8) is 0 Å². The van der Waals surface area contributed by atoms with Crippen molar-refractivity contribution in [3.05, 3.63) is 130 Å². The molecule has 3 heterocycles. The minimum absolute atomic E-state index is 0.0139. The summed E-state index contributed by atoms with van der Waals surface area (Å²) in [4.78, 5) is 6.35. The Morgan fingerprint density at radius 3 is 2.52 bits per heavy atom. The summed E-state index contributed by atoms with van der Waals surface area (Å²) in [5.74, 6) is 1.33. The maximum Gasteiger partial charge on any atom is 0.161 e. The number of ether oxygens (including phenoxy) is 2. The topological polar surface area (TPSA) is 37.5 Å². The molecule has 4 aromatic carbocycles. The number of hydrogen-bond donors (Lipinski definition) is 1. The summed E-state index contributed by atoms with van der Waals surface area (Å²) in [5.41, 5.74) is 9.91. The molecule has 202 valence electrons. The molecule has 4 nitrogen and oxygen atoms in total. The maximum atomic E-state index is 14.0. The molecule has 0 spiro atoms. The number of nitrogens with zero attached hydrogens (tertiary/aromatic N) is 1. The fourth-order valence-corrected chi connectivity index (χ4v) is 6.62. The molecule has 0 fully saturated rings. The summed E-state index contributed by atoms with van der Waals surface area (Å²) in [7, 11) is 1.71. The zero-order chi connectivity index (χ0) is 27.2. The highest BCUT2D eigenvalue weighted by Gasteiger charge is 2.41. The van der Waals surface area contributed by atoms with Crippen LogP contribution in [0.5, 0.6) is 11.5 Å². The third kappa shape index (κ3) is 4.25. The van der Waals surface area contributed by atoms with Crippen LogP contribution in [-0.4, -0.2) is 23.5 Å². The van der Waals surface area contributed by atoms with E-state index in [0.717, 1.165) is 53.9 Å². The second kappa shape index (κ2) is 10.1. The van der Waals surface area contributed by atoms with E-state index in [0.29, 0.717) is 6.61 Å². The number of methoxy groups -OCH3 is 1. The standard InChI is InChI=1S/C35H33FN2O2/c1-3-22-9-14-30-28(17-22)29-19-31-27-20-32(39-2)33(40-21-23-7-5-4-6-8-23)18-25(27)15-16-38(31)35(34(29)37-30)24-10-12-26(36)13-11-24/h4-14,17-18,20,31,35,37H,3,15-16,19,21H2,1-2H3. The van der Waals surface area contributed by atoms with Crippen LogP contribution in [0.15, 0.2) is 84.9 Å². The second-order valence-corrected chi connectivity index (χ2v) is 10.9. The summed E-state index contributed by atoms with van der Waals surface area (Å²) in [5, 5.41) is 1.29. The van der Waals surface area contributed by atoms with Gasteiger partial charge in [0.2, 0.25) is 0 Å². The monoisotopic (exact) mass is 532 g/mol.